The summed E-state index contributed by atoms with van der Waals surface area (Å²) in [5.41, 5.74) is 4.60. The summed E-state index contributed by atoms with van der Waals surface area (Å²) < 4.78 is 14.3. The molecule has 0 saturated heterocycles. The lowest BCUT2D eigenvalue weighted by Gasteiger charge is -2.10. The number of amidine groups is 1. The fourth-order valence-corrected chi connectivity index (χ4v) is 4.46. The van der Waals surface area contributed by atoms with E-state index in [4.69, 9.17) is 44.3 Å². The number of ether oxygens (including phenoxy) is 2. The number of aryl methyl sites for hydroxylation is 1. The summed E-state index contributed by atoms with van der Waals surface area (Å²) in [4.78, 5) is 4.69. The molecule has 0 unspecified atom stereocenters. The van der Waals surface area contributed by atoms with Gasteiger partial charge in [-0.3, -0.25) is 5.43 Å². The Morgan fingerprint density at radius 1 is 0.946 bits per heavy atom. The van der Waals surface area contributed by atoms with Crippen LogP contribution in [0.25, 0.3) is 5.69 Å². The van der Waals surface area contributed by atoms with E-state index in [1.54, 1.807) is 47.8 Å². The Labute approximate surface area is 228 Å². The first-order valence-corrected chi connectivity index (χ1v) is 12.1. The monoisotopic (exact) mass is 558 g/mol. The molecule has 0 atom stereocenters. The highest BCUT2D eigenvalue weighted by Gasteiger charge is 2.30. The zero-order chi connectivity index (χ0) is 26.5. The van der Waals surface area contributed by atoms with Crippen LogP contribution in [-0.2, 0) is 7.05 Å². The van der Waals surface area contributed by atoms with E-state index >= 15 is 0 Å². The number of aromatic nitrogens is 3. The lowest BCUT2D eigenvalue weighted by atomic mass is 10.3. The van der Waals surface area contributed by atoms with Crippen LogP contribution in [-0.4, -0.2) is 29.7 Å². The third-order valence-corrected chi connectivity index (χ3v) is 6.15. The molecule has 4 aromatic rings. The fraction of sp³-hybridized carbons (Fsp3) is 0.160. The molecule has 3 aromatic carbocycles. The Morgan fingerprint density at radius 3 is 2.24 bits per heavy atom. The SMILES string of the molecule is COc1ccccc1N=NC(=NNc1ccccc1OC)c1nc(C)[n+](C)n1-c1c(Cl)cc(Cl)cc1Cl. The van der Waals surface area contributed by atoms with Crippen molar-refractivity contribution >= 4 is 52.0 Å². The molecule has 0 bridgehead atoms. The van der Waals surface area contributed by atoms with E-state index in [0.29, 0.717) is 55.3 Å². The molecule has 37 heavy (non-hydrogen) atoms. The van der Waals surface area contributed by atoms with Crippen LogP contribution in [0.1, 0.15) is 11.6 Å². The number of para-hydroxylation sites is 3. The van der Waals surface area contributed by atoms with Crippen LogP contribution in [0.15, 0.2) is 76.0 Å². The van der Waals surface area contributed by atoms with Gasteiger partial charge in [0.25, 0.3) is 5.84 Å². The van der Waals surface area contributed by atoms with Gasteiger partial charge in [0.05, 0.1) is 30.0 Å². The maximum absolute atomic E-state index is 6.58. The first-order valence-electron chi connectivity index (χ1n) is 11.0. The average molecular weight is 560 g/mol. The van der Waals surface area contributed by atoms with Crippen molar-refractivity contribution in [3.05, 3.63) is 87.4 Å². The molecule has 0 spiro atoms. The second kappa shape index (κ2) is 11.6. The molecule has 0 aliphatic carbocycles. The Hall–Kier alpha value is -3.66. The zero-order valence-corrected chi connectivity index (χ0v) is 22.7. The number of hydrogen-bond donors (Lipinski definition) is 1. The molecular weight excluding hydrogens is 537 g/mol. The van der Waals surface area contributed by atoms with Gasteiger partial charge in [0.15, 0.2) is 0 Å². The smallest absolute Gasteiger partial charge is 0.331 e. The maximum atomic E-state index is 6.58. The Bertz CT molecular complexity index is 1480. The summed E-state index contributed by atoms with van der Waals surface area (Å²) in [6.45, 7) is 1.83. The van der Waals surface area contributed by atoms with Crippen LogP contribution in [0.2, 0.25) is 15.1 Å². The van der Waals surface area contributed by atoms with E-state index in [1.807, 2.05) is 50.4 Å². The van der Waals surface area contributed by atoms with Crippen molar-refractivity contribution in [3.63, 3.8) is 0 Å². The van der Waals surface area contributed by atoms with Crippen molar-refractivity contribution in [1.29, 1.82) is 0 Å². The van der Waals surface area contributed by atoms with Crippen molar-refractivity contribution in [2.75, 3.05) is 19.6 Å². The van der Waals surface area contributed by atoms with Gasteiger partial charge in [0, 0.05) is 11.9 Å². The number of benzene rings is 3. The number of anilines is 1. The molecule has 190 valence electrons. The highest BCUT2D eigenvalue weighted by atomic mass is 35.5. The van der Waals surface area contributed by atoms with Crippen molar-refractivity contribution in [2.24, 2.45) is 22.4 Å². The number of rotatable bonds is 7. The van der Waals surface area contributed by atoms with Crippen LogP contribution >= 0.6 is 34.8 Å². The Balaban J connectivity index is 1.90. The highest BCUT2D eigenvalue weighted by molar-refractivity contribution is 6.40. The van der Waals surface area contributed by atoms with Gasteiger partial charge >= 0.3 is 11.6 Å². The normalized spacial score (nSPS) is 11.7. The van der Waals surface area contributed by atoms with Gasteiger partial charge in [0.2, 0.25) is 0 Å². The molecule has 0 aliphatic rings. The molecule has 1 heterocycles. The fourth-order valence-electron chi connectivity index (χ4n) is 3.48. The maximum Gasteiger partial charge on any atom is 0.331 e. The minimum absolute atomic E-state index is 0.141. The number of nitrogens with one attached hydrogen (secondary N) is 1. The molecule has 0 amide bonds. The van der Waals surface area contributed by atoms with E-state index in [0.717, 1.165) is 0 Å². The third-order valence-electron chi connectivity index (χ3n) is 5.36. The van der Waals surface area contributed by atoms with E-state index < -0.39 is 0 Å². The summed E-state index contributed by atoms with van der Waals surface area (Å²) in [7, 11) is 4.95. The van der Waals surface area contributed by atoms with Gasteiger partial charge in [-0.05, 0) is 41.4 Å². The molecule has 4 rings (SSSR count). The molecule has 9 nitrogen and oxygen atoms in total. The molecular formula is C25H23Cl3N7O2+. The lowest BCUT2D eigenvalue weighted by Crippen LogP contribution is -2.41. The average Bonchev–Trinajstić information content (AvgIpc) is 3.17. The number of halogens is 3. The number of azo groups is 1. The number of methoxy groups -OCH3 is 2. The quantitative estimate of drug-likeness (QED) is 0.0915. The zero-order valence-electron chi connectivity index (χ0n) is 20.4. The Kier molecular flexibility index (Phi) is 8.27. The number of hydrogen-bond acceptors (Lipinski definition) is 6. The largest absolute Gasteiger partial charge is 0.495 e. The standard InChI is InChI=1S/C25H22Cl3N7O2/c1-15-29-25(35(34(15)2)23-17(27)13-16(26)14-18(23)28)24(32-30-19-9-5-7-11-21(19)36-3)33-31-20-10-6-8-12-22(20)37-4/h5-14H,1-4H3/p+1. The van der Waals surface area contributed by atoms with Crippen LogP contribution in [0, 0.1) is 6.92 Å². The van der Waals surface area contributed by atoms with Crippen molar-refractivity contribution in [1.82, 2.24) is 9.67 Å². The van der Waals surface area contributed by atoms with Gasteiger partial charge in [-0.15, -0.1) is 20.0 Å². The van der Waals surface area contributed by atoms with E-state index in [-0.39, 0.29) is 5.84 Å². The summed E-state index contributed by atoms with van der Waals surface area (Å²) in [6, 6.07) is 17.8. The molecule has 0 saturated carbocycles. The minimum atomic E-state index is 0.141. The second-order valence-electron chi connectivity index (χ2n) is 7.66. The van der Waals surface area contributed by atoms with Crippen LogP contribution in [0.5, 0.6) is 11.5 Å². The molecule has 12 heteroatoms. The topological polar surface area (TPSA) is 89.3 Å². The number of hydrazone groups is 1. The van der Waals surface area contributed by atoms with Crippen LogP contribution < -0.4 is 19.6 Å². The molecule has 0 radical (unpaired) electrons. The van der Waals surface area contributed by atoms with Crippen molar-refractivity contribution in [3.8, 4) is 17.2 Å². The van der Waals surface area contributed by atoms with Gasteiger partial charge in [0.1, 0.15) is 29.9 Å². The predicted molar refractivity (Wildman–Crippen MR) is 145 cm³/mol. The Morgan fingerprint density at radius 2 is 1.57 bits per heavy atom. The van der Waals surface area contributed by atoms with Gasteiger partial charge in [-0.25, -0.2) is 0 Å². The van der Waals surface area contributed by atoms with Gasteiger partial charge in [-0.1, -0.05) is 59.1 Å². The first-order chi connectivity index (χ1) is 17.8. The highest BCUT2D eigenvalue weighted by Crippen LogP contribution is 2.33. The summed E-state index contributed by atoms with van der Waals surface area (Å²) in [5, 5.41) is 14.4. The lowest BCUT2D eigenvalue weighted by molar-refractivity contribution is -0.750. The van der Waals surface area contributed by atoms with Crippen LogP contribution in [0.4, 0.5) is 11.4 Å². The molecule has 0 fully saturated rings. The third kappa shape index (κ3) is 5.69. The van der Waals surface area contributed by atoms with E-state index in [2.05, 4.69) is 25.7 Å². The van der Waals surface area contributed by atoms with Crippen molar-refractivity contribution < 1.29 is 14.2 Å². The minimum Gasteiger partial charge on any atom is -0.495 e. The van der Waals surface area contributed by atoms with Gasteiger partial charge in [-0.2, -0.15) is 4.68 Å². The van der Waals surface area contributed by atoms with Gasteiger partial charge < -0.3 is 9.47 Å². The summed E-state index contributed by atoms with van der Waals surface area (Å²) in [6.07, 6.45) is 0. The molecule has 0 aliphatic heterocycles. The molecule has 1 N–H and O–H groups in total. The number of nitrogens with zero attached hydrogens (tertiary/aromatic N) is 6. The van der Waals surface area contributed by atoms with E-state index in [9.17, 15) is 0 Å². The molecule has 1 aromatic heterocycles. The second-order valence-corrected chi connectivity index (χ2v) is 8.91. The van der Waals surface area contributed by atoms with Crippen molar-refractivity contribution in [2.45, 2.75) is 6.92 Å². The first kappa shape index (κ1) is 26.4. The summed E-state index contributed by atoms with van der Waals surface area (Å²) in [5.74, 6) is 2.27. The summed E-state index contributed by atoms with van der Waals surface area (Å²) >= 11 is 19.3. The van der Waals surface area contributed by atoms with E-state index in [1.165, 1.54) is 0 Å². The predicted octanol–water partition coefficient (Wildman–Crippen LogP) is 6.54. The van der Waals surface area contributed by atoms with Crippen LogP contribution in [0.3, 0.4) is 0 Å².